The van der Waals surface area contributed by atoms with Crippen molar-refractivity contribution >= 4 is 41.3 Å². The van der Waals surface area contributed by atoms with E-state index in [1.165, 1.54) is 4.88 Å². The fourth-order valence-electron chi connectivity index (χ4n) is 3.16. The second kappa shape index (κ2) is 13.1. The van der Waals surface area contributed by atoms with Gasteiger partial charge in [-0.05, 0) is 30.9 Å². The lowest BCUT2D eigenvalue weighted by Gasteiger charge is -2.33. The number of halogens is 1. The number of guanidine groups is 1. The Morgan fingerprint density at radius 3 is 2.86 bits per heavy atom. The summed E-state index contributed by atoms with van der Waals surface area (Å²) in [6.45, 7) is 9.01. The monoisotopic (exact) mass is 518 g/mol. The molecule has 0 saturated carbocycles. The Hall–Kier alpha value is -1.17. The molecule has 28 heavy (non-hydrogen) atoms. The molecule has 0 spiro atoms. The minimum absolute atomic E-state index is 0. The number of thiophene rings is 1. The van der Waals surface area contributed by atoms with Crippen molar-refractivity contribution in [3.8, 4) is 0 Å². The van der Waals surface area contributed by atoms with Crippen LogP contribution in [0.3, 0.4) is 0 Å². The van der Waals surface area contributed by atoms with E-state index in [0.29, 0.717) is 6.04 Å². The van der Waals surface area contributed by atoms with Crippen LogP contribution in [0.25, 0.3) is 0 Å². The number of hydrogen-bond acceptors (Lipinski definition) is 5. The van der Waals surface area contributed by atoms with Gasteiger partial charge in [0.05, 0.1) is 25.8 Å². The molecule has 0 radical (unpaired) electrons. The van der Waals surface area contributed by atoms with Gasteiger partial charge in [-0.15, -0.1) is 35.3 Å². The summed E-state index contributed by atoms with van der Waals surface area (Å²) in [6.07, 6.45) is 4.81. The SMILES string of the molecule is CCNC(=NCC(c1cccs1)N1CCOCC1)NCCCn1cccn1.I. The first kappa shape index (κ1) is 23.1. The minimum Gasteiger partial charge on any atom is -0.379 e. The zero-order valence-corrected chi connectivity index (χ0v) is 19.6. The van der Waals surface area contributed by atoms with Crippen LogP contribution in [0.1, 0.15) is 24.3 Å². The molecular weight excluding hydrogens is 487 g/mol. The summed E-state index contributed by atoms with van der Waals surface area (Å²) in [6, 6.07) is 6.60. The first-order valence-electron chi connectivity index (χ1n) is 9.71. The maximum atomic E-state index is 5.52. The molecule has 1 fully saturated rings. The Balaban J connectivity index is 0.00000280. The Morgan fingerprint density at radius 1 is 1.32 bits per heavy atom. The summed E-state index contributed by atoms with van der Waals surface area (Å²) in [5.41, 5.74) is 0. The molecule has 1 atom stereocenters. The Morgan fingerprint density at radius 2 is 2.18 bits per heavy atom. The highest BCUT2D eigenvalue weighted by atomic mass is 127. The first-order valence-corrected chi connectivity index (χ1v) is 10.6. The van der Waals surface area contributed by atoms with E-state index in [9.17, 15) is 0 Å². The molecule has 9 heteroatoms. The van der Waals surface area contributed by atoms with Gasteiger partial charge in [-0.3, -0.25) is 14.6 Å². The number of morpholine rings is 1. The van der Waals surface area contributed by atoms with Crippen molar-refractivity contribution in [2.75, 3.05) is 45.9 Å². The lowest BCUT2D eigenvalue weighted by atomic mass is 10.2. The van der Waals surface area contributed by atoms with Crippen molar-refractivity contribution in [3.63, 3.8) is 0 Å². The molecule has 0 aromatic carbocycles. The standard InChI is InChI=1S/C19H30N6OS.HI/c1-2-20-19(21-7-4-9-25-10-5-8-23-25)22-16-17(18-6-3-15-27-18)24-11-13-26-14-12-24;/h3,5-6,8,10,15,17H,2,4,7,9,11-14,16H2,1H3,(H2,20,21,22);1H. The summed E-state index contributed by atoms with van der Waals surface area (Å²) in [7, 11) is 0. The number of hydrogen-bond donors (Lipinski definition) is 2. The Labute approximate surface area is 188 Å². The molecule has 0 bridgehead atoms. The lowest BCUT2D eigenvalue weighted by molar-refractivity contribution is 0.0186. The van der Waals surface area contributed by atoms with Crippen molar-refractivity contribution in [2.45, 2.75) is 25.9 Å². The van der Waals surface area contributed by atoms with Crippen molar-refractivity contribution in [1.29, 1.82) is 0 Å². The third kappa shape index (κ3) is 7.34. The fourth-order valence-corrected chi connectivity index (χ4v) is 4.01. The van der Waals surface area contributed by atoms with Gasteiger partial charge in [0.2, 0.25) is 0 Å². The van der Waals surface area contributed by atoms with Crippen LogP contribution >= 0.6 is 35.3 Å². The minimum atomic E-state index is 0. The molecule has 1 aliphatic rings. The zero-order valence-electron chi connectivity index (χ0n) is 16.4. The Bertz CT molecular complexity index is 658. The van der Waals surface area contributed by atoms with E-state index in [-0.39, 0.29) is 24.0 Å². The number of aromatic nitrogens is 2. The maximum Gasteiger partial charge on any atom is 0.191 e. The molecule has 3 heterocycles. The van der Waals surface area contributed by atoms with Gasteiger partial charge in [0, 0.05) is 50.0 Å². The second-order valence-corrected chi connectivity index (χ2v) is 7.43. The van der Waals surface area contributed by atoms with Crippen LogP contribution in [0.4, 0.5) is 0 Å². The van der Waals surface area contributed by atoms with E-state index in [4.69, 9.17) is 9.73 Å². The molecule has 0 amide bonds. The number of ether oxygens (including phenoxy) is 1. The van der Waals surface area contributed by atoms with Crippen LogP contribution in [-0.2, 0) is 11.3 Å². The zero-order chi connectivity index (χ0) is 18.7. The second-order valence-electron chi connectivity index (χ2n) is 6.45. The highest BCUT2D eigenvalue weighted by Crippen LogP contribution is 2.26. The predicted octanol–water partition coefficient (Wildman–Crippen LogP) is 2.58. The molecule has 1 saturated heterocycles. The molecule has 2 aromatic heterocycles. The highest BCUT2D eigenvalue weighted by molar-refractivity contribution is 14.0. The number of nitrogens with one attached hydrogen (secondary N) is 2. The molecular formula is C19H31IN6OS. The smallest absolute Gasteiger partial charge is 0.191 e. The number of rotatable bonds is 9. The quantitative estimate of drug-likeness (QED) is 0.231. The highest BCUT2D eigenvalue weighted by Gasteiger charge is 2.23. The van der Waals surface area contributed by atoms with Crippen LogP contribution in [0.5, 0.6) is 0 Å². The van der Waals surface area contributed by atoms with Gasteiger partial charge in [0.15, 0.2) is 5.96 Å². The molecule has 3 rings (SSSR count). The molecule has 7 nitrogen and oxygen atoms in total. The van der Waals surface area contributed by atoms with Gasteiger partial charge in [0.1, 0.15) is 0 Å². The first-order chi connectivity index (χ1) is 13.4. The van der Waals surface area contributed by atoms with Crippen LogP contribution < -0.4 is 10.6 Å². The van der Waals surface area contributed by atoms with Gasteiger partial charge >= 0.3 is 0 Å². The van der Waals surface area contributed by atoms with Gasteiger partial charge < -0.3 is 15.4 Å². The van der Waals surface area contributed by atoms with E-state index in [2.05, 4.69) is 45.1 Å². The van der Waals surface area contributed by atoms with Gasteiger partial charge in [-0.1, -0.05) is 6.07 Å². The predicted molar refractivity (Wildman–Crippen MR) is 126 cm³/mol. The Kier molecular flexibility index (Phi) is 10.8. The number of aryl methyl sites for hydroxylation is 1. The number of nitrogens with zero attached hydrogens (tertiary/aromatic N) is 4. The maximum absolute atomic E-state index is 5.52. The number of aliphatic imine (C=N–C) groups is 1. The third-order valence-electron chi connectivity index (χ3n) is 4.54. The van der Waals surface area contributed by atoms with E-state index in [1.54, 1.807) is 0 Å². The molecule has 2 N–H and O–H groups in total. The average molecular weight is 518 g/mol. The van der Waals surface area contributed by atoms with Crippen molar-refractivity contribution in [3.05, 3.63) is 40.8 Å². The summed E-state index contributed by atoms with van der Waals surface area (Å²) in [5.74, 6) is 0.882. The normalized spacial score (nSPS) is 16.4. The molecule has 1 unspecified atom stereocenters. The van der Waals surface area contributed by atoms with Crippen molar-refractivity contribution in [2.24, 2.45) is 4.99 Å². The molecule has 1 aliphatic heterocycles. The van der Waals surface area contributed by atoms with E-state index in [1.807, 2.05) is 34.5 Å². The topological polar surface area (TPSA) is 66.7 Å². The van der Waals surface area contributed by atoms with E-state index >= 15 is 0 Å². The largest absolute Gasteiger partial charge is 0.379 e. The lowest BCUT2D eigenvalue weighted by Crippen LogP contribution is -2.41. The van der Waals surface area contributed by atoms with Crippen LogP contribution in [-0.4, -0.2) is 66.6 Å². The average Bonchev–Trinajstić information content (AvgIpc) is 3.40. The van der Waals surface area contributed by atoms with Gasteiger partial charge in [-0.25, -0.2) is 0 Å². The van der Waals surface area contributed by atoms with E-state index < -0.39 is 0 Å². The van der Waals surface area contributed by atoms with E-state index in [0.717, 1.165) is 64.9 Å². The van der Waals surface area contributed by atoms with Crippen LogP contribution in [0, 0.1) is 0 Å². The van der Waals surface area contributed by atoms with Gasteiger partial charge in [-0.2, -0.15) is 5.10 Å². The van der Waals surface area contributed by atoms with Gasteiger partial charge in [0.25, 0.3) is 0 Å². The summed E-state index contributed by atoms with van der Waals surface area (Å²) < 4.78 is 7.48. The summed E-state index contributed by atoms with van der Waals surface area (Å²) in [5, 5.41) is 13.2. The third-order valence-corrected chi connectivity index (χ3v) is 5.51. The molecule has 0 aliphatic carbocycles. The van der Waals surface area contributed by atoms with Crippen molar-refractivity contribution < 1.29 is 4.74 Å². The summed E-state index contributed by atoms with van der Waals surface area (Å²) in [4.78, 5) is 8.73. The van der Waals surface area contributed by atoms with Crippen molar-refractivity contribution in [1.82, 2.24) is 25.3 Å². The fraction of sp³-hybridized carbons (Fsp3) is 0.579. The molecule has 2 aromatic rings. The molecule has 156 valence electrons. The van der Waals surface area contributed by atoms with Crippen LogP contribution in [0.15, 0.2) is 41.0 Å². The summed E-state index contributed by atoms with van der Waals surface area (Å²) >= 11 is 1.81. The van der Waals surface area contributed by atoms with Crippen LogP contribution in [0.2, 0.25) is 0 Å².